The summed E-state index contributed by atoms with van der Waals surface area (Å²) in [6.45, 7) is -0.112. The van der Waals surface area contributed by atoms with E-state index in [1.165, 1.54) is 6.20 Å². The molecule has 0 saturated heterocycles. The highest BCUT2D eigenvalue weighted by atomic mass is 35.5. The van der Waals surface area contributed by atoms with Crippen molar-refractivity contribution in [3.05, 3.63) is 51.2 Å². The van der Waals surface area contributed by atoms with E-state index in [-0.39, 0.29) is 6.61 Å². The van der Waals surface area contributed by atoms with E-state index in [2.05, 4.69) is 4.98 Å². The van der Waals surface area contributed by atoms with Gasteiger partial charge in [0.05, 0.1) is 16.7 Å². The standard InChI is InChI=1S/C12H8Cl3NO/c13-9-2-1-3-10(14)11(9)8-4-7(6-17)5-16-12(8)15/h1-5,17H,6H2. The summed E-state index contributed by atoms with van der Waals surface area (Å²) < 4.78 is 0. The Morgan fingerprint density at radius 3 is 2.35 bits per heavy atom. The van der Waals surface area contributed by atoms with Gasteiger partial charge in [0.1, 0.15) is 5.15 Å². The Morgan fingerprint density at radius 1 is 1.12 bits per heavy atom. The van der Waals surface area contributed by atoms with Crippen molar-refractivity contribution in [2.24, 2.45) is 0 Å². The number of hydrogen-bond donors (Lipinski definition) is 1. The maximum atomic E-state index is 9.09. The van der Waals surface area contributed by atoms with Gasteiger partial charge in [-0.2, -0.15) is 0 Å². The van der Waals surface area contributed by atoms with Gasteiger partial charge in [0.25, 0.3) is 0 Å². The molecule has 0 fully saturated rings. The largest absolute Gasteiger partial charge is 0.392 e. The van der Waals surface area contributed by atoms with Gasteiger partial charge in [0, 0.05) is 17.3 Å². The van der Waals surface area contributed by atoms with Crippen molar-refractivity contribution in [1.82, 2.24) is 4.98 Å². The molecule has 1 aromatic carbocycles. The number of nitrogens with zero attached hydrogens (tertiary/aromatic N) is 1. The molecule has 2 aromatic rings. The summed E-state index contributed by atoms with van der Waals surface area (Å²) >= 11 is 18.2. The van der Waals surface area contributed by atoms with Gasteiger partial charge in [-0.1, -0.05) is 40.9 Å². The number of aromatic nitrogens is 1. The number of rotatable bonds is 2. The molecule has 0 aliphatic rings. The molecule has 0 amide bonds. The van der Waals surface area contributed by atoms with Crippen molar-refractivity contribution in [3.8, 4) is 11.1 Å². The highest BCUT2D eigenvalue weighted by Crippen LogP contribution is 2.37. The predicted molar refractivity (Wildman–Crippen MR) is 70.6 cm³/mol. The van der Waals surface area contributed by atoms with Crippen LogP contribution in [0, 0.1) is 0 Å². The van der Waals surface area contributed by atoms with Crippen molar-refractivity contribution in [2.45, 2.75) is 6.61 Å². The Morgan fingerprint density at radius 2 is 1.76 bits per heavy atom. The third kappa shape index (κ3) is 2.55. The number of benzene rings is 1. The fourth-order valence-electron chi connectivity index (χ4n) is 1.51. The SMILES string of the molecule is OCc1cnc(Cl)c(-c2c(Cl)cccc2Cl)c1. The average molecular weight is 289 g/mol. The molecule has 1 aromatic heterocycles. The van der Waals surface area contributed by atoms with Gasteiger partial charge in [0.2, 0.25) is 0 Å². The van der Waals surface area contributed by atoms with Gasteiger partial charge in [-0.15, -0.1) is 0 Å². The van der Waals surface area contributed by atoms with Gasteiger partial charge >= 0.3 is 0 Å². The number of aliphatic hydroxyl groups is 1. The minimum atomic E-state index is -0.112. The zero-order valence-electron chi connectivity index (χ0n) is 8.62. The van der Waals surface area contributed by atoms with Crippen molar-refractivity contribution in [3.63, 3.8) is 0 Å². The Labute approximate surface area is 114 Å². The third-order valence-corrected chi connectivity index (χ3v) is 3.24. The van der Waals surface area contributed by atoms with E-state index in [0.29, 0.717) is 31.9 Å². The second-order valence-corrected chi connectivity index (χ2v) is 4.61. The van der Waals surface area contributed by atoms with Crippen molar-refractivity contribution >= 4 is 34.8 Å². The van der Waals surface area contributed by atoms with Crippen LogP contribution in [0.25, 0.3) is 11.1 Å². The van der Waals surface area contributed by atoms with E-state index in [9.17, 15) is 0 Å². The van der Waals surface area contributed by atoms with Crippen LogP contribution in [0.3, 0.4) is 0 Å². The lowest BCUT2D eigenvalue weighted by molar-refractivity contribution is 0.281. The van der Waals surface area contributed by atoms with Gasteiger partial charge in [-0.3, -0.25) is 0 Å². The average Bonchev–Trinajstić information content (AvgIpc) is 2.31. The van der Waals surface area contributed by atoms with Crippen LogP contribution in [-0.2, 0) is 6.61 Å². The molecule has 0 unspecified atom stereocenters. The van der Waals surface area contributed by atoms with E-state index in [4.69, 9.17) is 39.9 Å². The predicted octanol–water partition coefficient (Wildman–Crippen LogP) is 4.20. The Kier molecular flexibility index (Phi) is 3.89. The molecule has 0 aliphatic carbocycles. The van der Waals surface area contributed by atoms with Crippen LogP contribution in [0.15, 0.2) is 30.5 Å². The number of halogens is 3. The summed E-state index contributed by atoms with van der Waals surface area (Å²) in [5.41, 5.74) is 1.90. The molecule has 1 N–H and O–H groups in total. The summed E-state index contributed by atoms with van der Waals surface area (Å²) in [6, 6.07) is 6.93. The number of pyridine rings is 1. The summed E-state index contributed by atoms with van der Waals surface area (Å²) in [5, 5.41) is 10.4. The van der Waals surface area contributed by atoms with E-state index < -0.39 is 0 Å². The molecule has 88 valence electrons. The molecule has 5 heteroatoms. The molecular formula is C12H8Cl3NO. The summed E-state index contributed by atoms with van der Waals surface area (Å²) in [4.78, 5) is 4.00. The normalized spacial score (nSPS) is 10.6. The van der Waals surface area contributed by atoms with E-state index in [1.807, 2.05) is 0 Å². The molecular weight excluding hydrogens is 280 g/mol. The first-order chi connectivity index (χ1) is 8.13. The lowest BCUT2D eigenvalue weighted by Crippen LogP contribution is -1.91. The van der Waals surface area contributed by atoms with Crippen LogP contribution in [0.5, 0.6) is 0 Å². The molecule has 0 atom stereocenters. The van der Waals surface area contributed by atoms with Crippen LogP contribution < -0.4 is 0 Å². The summed E-state index contributed by atoms with van der Waals surface area (Å²) in [5.74, 6) is 0. The minimum absolute atomic E-state index is 0.112. The summed E-state index contributed by atoms with van der Waals surface area (Å²) in [7, 11) is 0. The molecule has 0 aliphatic heterocycles. The third-order valence-electron chi connectivity index (χ3n) is 2.31. The van der Waals surface area contributed by atoms with E-state index in [0.717, 1.165) is 0 Å². The quantitative estimate of drug-likeness (QED) is 0.840. The molecule has 2 nitrogen and oxygen atoms in total. The van der Waals surface area contributed by atoms with Crippen LogP contribution in [0.1, 0.15) is 5.56 Å². The first-order valence-corrected chi connectivity index (χ1v) is 5.96. The van der Waals surface area contributed by atoms with Gasteiger partial charge in [0.15, 0.2) is 0 Å². The smallest absolute Gasteiger partial charge is 0.136 e. The molecule has 2 rings (SSSR count). The topological polar surface area (TPSA) is 33.1 Å². The van der Waals surface area contributed by atoms with Crippen molar-refractivity contribution in [1.29, 1.82) is 0 Å². The second kappa shape index (κ2) is 5.23. The van der Waals surface area contributed by atoms with Crippen LogP contribution in [0.2, 0.25) is 15.2 Å². The van der Waals surface area contributed by atoms with Crippen LogP contribution in [0.4, 0.5) is 0 Å². The minimum Gasteiger partial charge on any atom is -0.392 e. The molecule has 1 heterocycles. The van der Waals surface area contributed by atoms with Crippen molar-refractivity contribution in [2.75, 3.05) is 0 Å². The van der Waals surface area contributed by atoms with Gasteiger partial charge in [-0.25, -0.2) is 4.98 Å². The lowest BCUT2D eigenvalue weighted by atomic mass is 10.1. The number of aliphatic hydroxyl groups excluding tert-OH is 1. The molecule has 0 bridgehead atoms. The van der Waals surface area contributed by atoms with Gasteiger partial charge < -0.3 is 5.11 Å². The Bertz CT molecular complexity index is 537. The summed E-state index contributed by atoms with van der Waals surface area (Å²) in [6.07, 6.45) is 1.51. The lowest BCUT2D eigenvalue weighted by Gasteiger charge is -2.09. The fraction of sp³-hybridized carbons (Fsp3) is 0.0833. The first-order valence-electron chi connectivity index (χ1n) is 4.83. The maximum absolute atomic E-state index is 9.09. The van der Waals surface area contributed by atoms with Crippen molar-refractivity contribution < 1.29 is 5.11 Å². The van der Waals surface area contributed by atoms with Gasteiger partial charge in [-0.05, 0) is 23.8 Å². The fourth-order valence-corrected chi connectivity index (χ4v) is 2.31. The molecule has 17 heavy (non-hydrogen) atoms. The Hall–Kier alpha value is -0.800. The zero-order valence-corrected chi connectivity index (χ0v) is 10.9. The highest BCUT2D eigenvalue weighted by molar-refractivity contribution is 6.40. The highest BCUT2D eigenvalue weighted by Gasteiger charge is 2.13. The Balaban J connectivity index is 2.67. The molecule has 0 radical (unpaired) electrons. The van der Waals surface area contributed by atoms with E-state index in [1.54, 1.807) is 24.3 Å². The molecule has 0 spiro atoms. The second-order valence-electron chi connectivity index (χ2n) is 3.44. The first kappa shape index (κ1) is 12.7. The maximum Gasteiger partial charge on any atom is 0.136 e. The van der Waals surface area contributed by atoms with Crippen LogP contribution in [-0.4, -0.2) is 10.1 Å². The monoisotopic (exact) mass is 287 g/mol. The van der Waals surface area contributed by atoms with Crippen LogP contribution >= 0.6 is 34.8 Å². The molecule has 0 saturated carbocycles. The van der Waals surface area contributed by atoms with E-state index >= 15 is 0 Å². The number of hydrogen-bond acceptors (Lipinski definition) is 2. The zero-order chi connectivity index (χ0) is 12.4.